The molecule has 0 aliphatic carbocycles. The average molecular weight is 288 g/mol. The monoisotopic (exact) mass is 286 g/mol. The van der Waals surface area contributed by atoms with Crippen LogP contribution in [0.15, 0.2) is 8.98 Å². The predicted octanol–water partition coefficient (Wildman–Crippen LogP) is 2.10. The molecule has 0 radical (unpaired) electrons. The third-order valence-electron chi connectivity index (χ3n) is 0.143. The molecular weight excluding hydrogens is 285 g/mol. The summed E-state index contributed by atoms with van der Waals surface area (Å²) in [7, 11) is 0. The van der Waals surface area contributed by atoms with E-state index in [4.69, 9.17) is 59.7 Å². The molecule has 0 aliphatic heterocycles. The summed E-state index contributed by atoms with van der Waals surface area (Å²) in [6, 6.07) is 0. The van der Waals surface area contributed by atoms with E-state index in [0.29, 0.717) is 0 Å². The number of hydrogen-bond acceptors (Lipinski definition) is 1. The molecule has 0 aromatic rings. The Bertz CT molecular complexity index is 128. The van der Waals surface area contributed by atoms with Crippen LogP contribution in [-0.2, 0) is 11.4 Å². The van der Waals surface area contributed by atoms with E-state index in [9.17, 15) is 0 Å². The summed E-state index contributed by atoms with van der Waals surface area (Å²) in [5.41, 5.74) is 0. The standard InChI is InChI=1S/C2Cl4.K.H2O3S.H/c3-1(4)2(5)6;;1-4(2)3;/h;;(H2,1,2,3);. The SMILES string of the molecule is ClC(Cl)=C(Cl)Cl.O=S(O)O.[KH]. The van der Waals surface area contributed by atoms with Crippen LogP contribution in [0.4, 0.5) is 0 Å². The van der Waals surface area contributed by atoms with Gasteiger partial charge in [0.05, 0.1) is 0 Å². The van der Waals surface area contributed by atoms with E-state index in [1.54, 1.807) is 0 Å². The average Bonchev–Trinajstić information content (AvgIpc) is 1.63. The minimum atomic E-state index is -2.61. The Kier molecular flexibility index (Phi) is 22.0. The first-order valence-corrected chi connectivity index (χ1v) is 4.11. The van der Waals surface area contributed by atoms with Gasteiger partial charge in [0.25, 0.3) is 11.4 Å². The predicted molar refractivity (Wildman–Crippen MR) is 51.0 cm³/mol. The van der Waals surface area contributed by atoms with Crippen molar-refractivity contribution >= 4 is 109 Å². The van der Waals surface area contributed by atoms with Gasteiger partial charge in [-0.2, -0.15) is 4.21 Å². The van der Waals surface area contributed by atoms with Crippen molar-refractivity contribution < 1.29 is 13.3 Å². The number of halogens is 4. The molecule has 0 aromatic carbocycles. The first kappa shape index (κ1) is 19.2. The second-order valence-corrected chi connectivity index (χ2v) is 3.11. The van der Waals surface area contributed by atoms with Gasteiger partial charge in [-0.25, -0.2) is 0 Å². The van der Waals surface area contributed by atoms with Crippen LogP contribution in [0.5, 0.6) is 0 Å². The molecule has 11 heavy (non-hydrogen) atoms. The van der Waals surface area contributed by atoms with E-state index >= 15 is 0 Å². The Labute approximate surface area is 129 Å². The van der Waals surface area contributed by atoms with Crippen molar-refractivity contribution in [3.8, 4) is 0 Å². The minimum absolute atomic E-state index is 0. The van der Waals surface area contributed by atoms with E-state index < -0.39 is 11.4 Å². The third-order valence-corrected chi connectivity index (χ3v) is 1.29. The molecule has 9 heteroatoms. The molecule has 0 bridgehead atoms. The normalized spacial score (nSPS) is 7.55. The second kappa shape index (κ2) is 12.6. The Morgan fingerprint density at radius 2 is 1.09 bits per heavy atom. The van der Waals surface area contributed by atoms with Crippen LogP contribution in [0.3, 0.4) is 0 Å². The Balaban J connectivity index is -0.000000114. The number of hydrogen-bond donors (Lipinski definition) is 2. The zero-order chi connectivity index (χ0) is 8.73. The van der Waals surface area contributed by atoms with Gasteiger partial charge in [0, 0.05) is 0 Å². The maximum absolute atomic E-state index is 8.67. The van der Waals surface area contributed by atoms with Crippen LogP contribution in [0.25, 0.3) is 0 Å². The summed E-state index contributed by atoms with van der Waals surface area (Å²) in [5.74, 6) is 0. The molecule has 0 unspecified atom stereocenters. The molecule has 0 atom stereocenters. The molecular formula is C2H3Cl4KO3S. The van der Waals surface area contributed by atoms with Gasteiger partial charge in [-0.1, -0.05) is 46.4 Å². The summed E-state index contributed by atoms with van der Waals surface area (Å²) in [5, 5.41) is 0. The topological polar surface area (TPSA) is 57.5 Å². The molecule has 0 aliphatic rings. The van der Waals surface area contributed by atoms with Crippen LogP contribution in [0.2, 0.25) is 0 Å². The van der Waals surface area contributed by atoms with Crippen molar-refractivity contribution in [2.45, 2.75) is 0 Å². The van der Waals surface area contributed by atoms with Crippen molar-refractivity contribution in [1.29, 1.82) is 0 Å². The summed E-state index contributed by atoms with van der Waals surface area (Å²) in [6.07, 6.45) is 0. The van der Waals surface area contributed by atoms with E-state index in [1.807, 2.05) is 0 Å². The molecule has 0 aromatic heterocycles. The maximum atomic E-state index is 8.67. The van der Waals surface area contributed by atoms with Crippen molar-refractivity contribution in [2.75, 3.05) is 0 Å². The van der Waals surface area contributed by atoms with Crippen molar-refractivity contribution in [1.82, 2.24) is 0 Å². The molecule has 0 rings (SSSR count). The quantitative estimate of drug-likeness (QED) is 0.530. The molecule has 2 N–H and O–H groups in total. The summed E-state index contributed by atoms with van der Waals surface area (Å²) < 4.78 is 22.6. The Morgan fingerprint density at radius 3 is 1.09 bits per heavy atom. The fraction of sp³-hybridized carbons (Fsp3) is 0. The van der Waals surface area contributed by atoms with Gasteiger partial charge in [-0.05, 0) is 0 Å². The molecule has 0 heterocycles. The van der Waals surface area contributed by atoms with Crippen LogP contribution in [0.1, 0.15) is 0 Å². The van der Waals surface area contributed by atoms with Gasteiger partial charge in [0.1, 0.15) is 8.98 Å². The first-order valence-electron chi connectivity index (χ1n) is 1.54. The first-order chi connectivity index (χ1) is 4.37. The Hall–Kier alpha value is 2.61. The summed E-state index contributed by atoms with van der Waals surface area (Å²) in [6.45, 7) is 0. The van der Waals surface area contributed by atoms with Crippen LogP contribution >= 0.6 is 46.4 Å². The van der Waals surface area contributed by atoms with Gasteiger partial charge in [-0.15, -0.1) is 0 Å². The fourth-order valence-electron chi connectivity index (χ4n) is 0. The zero-order valence-corrected chi connectivity index (χ0v) is 8.06. The molecule has 3 nitrogen and oxygen atoms in total. The van der Waals surface area contributed by atoms with Crippen molar-refractivity contribution in [3.05, 3.63) is 8.98 Å². The molecule has 0 fully saturated rings. The molecule has 0 amide bonds. The van der Waals surface area contributed by atoms with E-state index in [2.05, 4.69) is 0 Å². The van der Waals surface area contributed by atoms with Crippen LogP contribution < -0.4 is 0 Å². The van der Waals surface area contributed by atoms with E-state index in [1.165, 1.54) is 0 Å². The van der Waals surface area contributed by atoms with Crippen LogP contribution in [0, 0.1) is 0 Å². The zero-order valence-electron chi connectivity index (χ0n) is 4.22. The molecule has 0 saturated heterocycles. The van der Waals surface area contributed by atoms with Crippen LogP contribution in [-0.4, -0.2) is 64.7 Å². The van der Waals surface area contributed by atoms with Gasteiger partial charge >= 0.3 is 51.4 Å². The second-order valence-electron chi connectivity index (χ2n) is 0.752. The number of rotatable bonds is 0. The van der Waals surface area contributed by atoms with E-state index in [0.717, 1.165) is 0 Å². The van der Waals surface area contributed by atoms with Gasteiger partial charge in [-0.3, -0.25) is 9.11 Å². The molecule has 0 saturated carbocycles. The fourth-order valence-corrected chi connectivity index (χ4v) is 0. The van der Waals surface area contributed by atoms with Crippen molar-refractivity contribution in [2.24, 2.45) is 0 Å². The molecule has 0 spiro atoms. The summed E-state index contributed by atoms with van der Waals surface area (Å²) >= 11 is 17.4. The third kappa shape index (κ3) is 32.5. The van der Waals surface area contributed by atoms with Crippen molar-refractivity contribution in [3.63, 3.8) is 0 Å². The van der Waals surface area contributed by atoms with Gasteiger partial charge in [0.15, 0.2) is 0 Å². The van der Waals surface area contributed by atoms with Gasteiger partial charge in [0.2, 0.25) is 0 Å². The summed E-state index contributed by atoms with van der Waals surface area (Å²) in [4.78, 5) is 0. The molecule has 64 valence electrons. The Morgan fingerprint density at radius 1 is 1.00 bits per heavy atom. The van der Waals surface area contributed by atoms with E-state index in [-0.39, 0.29) is 60.4 Å². The van der Waals surface area contributed by atoms with Gasteiger partial charge < -0.3 is 0 Å².